The number of amides is 1. The maximum atomic E-state index is 13.1. The van der Waals surface area contributed by atoms with E-state index >= 15 is 0 Å². The molecule has 136 valence electrons. The van der Waals surface area contributed by atoms with Gasteiger partial charge in [-0.15, -0.1) is 0 Å². The number of carbonyl (C=O) groups excluding carboxylic acids is 1. The van der Waals surface area contributed by atoms with Crippen LogP contribution in [0.3, 0.4) is 0 Å². The molecule has 1 heterocycles. The van der Waals surface area contributed by atoms with Gasteiger partial charge in [-0.1, -0.05) is 48.0 Å². The number of rotatable bonds is 5. The third-order valence-corrected chi connectivity index (χ3v) is 4.66. The van der Waals surface area contributed by atoms with Crippen LogP contribution in [-0.2, 0) is 13.1 Å². The molecule has 5 heteroatoms. The highest BCUT2D eigenvalue weighted by molar-refractivity contribution is 6.30. The molecule has 0 atom stereocenters. The molecule has 0 aromatic heterocycles. The number of fused-ring (bicyclic) bond motifs is 1. The van der Waals surface area contributed by atoms with Crippen LogP contribution in [0.4, 0.5) is 0 Å². The Labute approximate surface area is 162 Å². The Morgan fingerprint density at radius 2 is 1.56 bits per heavy atom. The SMILES string of the molecule is O=C(c1ccc(Cl)cc1)N(Cc1ccccc1)Cc1ccc2c(c1)OCO2. The number of benzene rings is 3. The molecule has 0 spiro atoms. The highest BCUT2D eigenvalue weighted by atomic mass is 35.5. The smallest absolute Gasteiger partial charge is 0.254 e. The van der Waals surface area contributed by atoms with Gasteiger partial charge in [-0.2, -0.15) is 0 Å². The van der Waals surface area contributed by atoms with Crippen LogP contribution in [0.25, 0.3) is 0 Å². The van der Waals surface area contributed by atoms with Gasteiger partial charge < -0.3 is 14.4 Å². The molecule has 4 nitrogen and oxygen atoms in total. The topological polar surface area (TPSA) is 38.8 Å². The second kappa shape index (κ2) is 7.72. The number of nitrogens with zero attached hydrogens (tertiary/aromatic N) is 1. The largest absolute Gasteiger partial charge is 0.454 e. The summed E-state index contributed by atoms with van der Waals surface area (Å²) in [5.74, 6) is 1.40. The van der Waals surface area contributed by atoms with Gasteiger partial charge in [0, 0.05) is 23.7 Å². The molecule has 0 saturated carbocycles. The number of ether oxygens (including phenoxy) is 2. The lowest BCUT2D eigenvalue weighted by Gasteiger charge is -2.23. The second-order valence-electron chi connectivity index (χ2n) is 6.34. The Morgan fingerprint density at radius 3 is 2.33 bits per heavy atom. The van der Waals surface area contributed by atoms with E-state index in [2.05, 4.69) is 0 Å². The zero-order chi connectivity index (χ0) is 18.6. The average Bonchev–Trinajstić information content (AvgIpc) is 3.16. The van der Waals surface area contributed by atoms with E-state index in [-0.39, 0.29) is 12.7 Å². The van der Waals surface area contributed by atoms with Crippen LogP contribution < -0.4 is 9.47 Å². The molecule has 3 aromatic carbocycles. The van der Waals surface area contributed by atoms with Crippen LogP contribution in [0.1, 0.15) is 21.5 Å². The third kappa shape index (κ3) is 4.07. The minimum atomic E-state index is -0.0480. The summed E-state index contributed by atoms with van der Waals surface area (Å²) in [6, 6.07) is 22.7. The molecule has 27 heavy (non-hydrogen) atoms. The van der Waals surface area contributed by atoms with E-state index < -0.39 is 0 Å². The molecular weight excluding hydrogens is 362 g/mol. The number of halogens is 1. The van der Waals surface area contributed by atoms with Crippen LogP contribution in [0.2, 0.25) is 5.02 Å². The summed E-state index contributed by atoms with van der Waals surface area (Å²) in [5.41, 5.74) is 2.66. The minimum Gasteiger partial charge on any atom is -0.454 e. The van der Waals surface area contributed by atoms with Crippen LogP contribution in [0.15, 0.2) is 72.8 Å². The molecular formula is C22H18ClNO3. The molecule has 0 N–H and O–H groups in total. The molecule has 1 aliphatic heterocycles. The fourth-order valence-electron chi connectivity index (χ4n) is 3.04. The Morgan fingerprint density at radius 1 is 0.852 bits per heavy atom. The molecule has 4 rings (SSSR count). The van der Waals surface area contributed by atoms with E-state index in [1.165, 1.54) is 0 Å². The summed E-state index contributed by atoms with van der Waals surface area (Å²) >= 11 is 5.96. The first-order valence-electron chi connectivity index (χ1n) is 8.66. The van der Waals surface area contributed by atoms with Crippen molar-refractivity contribution in [2.24, 2.45) is 0 Å². The molecule has 0 fully saturated rings. The van der Waals surface area contributed by atoms with E-state index in [1.807, 2.05) is 53.4 Å². The zero-order valence-corrected chi connectivity index (χ0v) is 15.4. The highest BCUT2D eigenvalue weighted by Crippen LogP contribution is 2.33. The fourth-order valence-corrected chi connectivity index (χ4v) is 3.16. The van der Waals surface area contributed by atoms with Gasteiger partial charge in [0.1, 0.15) is 0 Å². The maximum Gasteiger partial charge on any atom is 0.254 e. The molecule has 0 bridgehead atoms. The Balaban J connectivity index is 1.61. The third-order valence-electron chi connectivity index (χ3n) is 4.41. The van der Waals surface area contributed by atoms with Gasteiger partial charge in [-0.3, -0.25) is 4.79 Å². The van der Waals surface area contributed by atoms with E-state index in [1.54, 1.807) is 24.3 Å². The average molecular weight is 380 g/mol. The van der Waals surface area contributed by atoms with Gasteiger partial charge in [0.25, 0.3) is 5.91 Å². The van der Waals surface area contributed by atoms with Crippen molar-refractivity contribution in [2.45, 2.75) is 13.1 Å². The summed E-state index contributed by atoms with van der Waals surface area (Å²) in [4.78, 5) is 14.9. The molecule has 0 radical (unpaired) electrons. The van der Waals surface area contributed by atoms with E-state index in [4.69, 9.17) is 21.1 Å². The molecule has 1 amide bonds. The predicted molar refractivity (Wildman–Crippen MR) is 104 cm³/mol. The molecule has 3 aromatic rings. The van der Waals surface area contributed by atoms with Crippen LogP contribution in [-0.4, -0.2) is 17.6 Å². The van der Waals surface area contributed by atoms with Crippen molar-refractivity contribution >= 4 is 17.5 Å². The van der Waals surface area contributed by atoms with E-state index in [0.29, 0.717) is 29.4 Å². The lowest BCUT2D eigenvalue weighted by molar-refractivity contribution is 0.0730. The van der Waals surface area contributed by atoms with Crippen molar-refractivity contribution in [3.05, 3.63) is 94.5 Å². The number of hydrogen-bond donors (Lipinski definition) is 0. The first kappa shape index (κ1) is 17.4. The standard InChI is InChI=1S/C22H18ClNO3/c23-19-9-7-18(8-10-19)22(25)24(13-16-4-2-1-3-5-16)14-17-6-11-20-21(12-17)27-15-26-20/h1-12H,13-15H2. The van der Waals surface area contributed by atoms with Crippen molar-refractivity contribution in [1.29, 1.82) is 0 Å². The number of hydrogen-bond acceptors (Lipinski definition) is 3. The Kier molecular flexibility index (Phi) is 4.99. The lowest BCUT2D eigenvalue weighted by atomic mass is 10.1. The minimum absolute atomic E-state index is 0.0480. The quantitative estimate of drug-likeness (QED) is 0.632. The summed E-state index contributed by atoms with van der Waals surface area (Å²) < 4.78 is 10.8. The molecule has 0 saturated heterocycles. The van der Waals surface area contributed by atoms with Gasteiger partial charge in [0.05, 0.1) is 0 Å². The molecule has 0 unspecified atom stereocenters. The summed E-state index contributed by atoms with van der Waals surface area (Å²) in [7, 11) is 0. The van der Waals surface area contributed by atoms with Crippen molar-refractivity contribution in [1.82, 2.24) is 4.90 Å². The number of carbonyl (C=O) groups is 1. The van der Waals surface area contributed by atoms with Crippen molar-refractivity contribution < 1.29 is 14.3 Å². The molecule has 1 aliphatic rings. The van der Waals surface area contributed by atoms with Gasteiger partial charge >= 0.3 is 0 Å². The monoisotopic (exact) mass is 379 g/mol. The first-order valence-corrected chi connectivity index (χ1v) is 9.04. The highest BCUT2D eigenvalue weighted by Gasteiger charge is 2.19. The van der Waals surface area contributed by atoms with Crippen molar-refractivity contribution in [3.8, 4) is 11.5 Å². The summed E-state index contributed by atoms with van der Waals surface area (Å²) in [5, 5.41) is 0.608. The van der Waals surface area contributed by atoms with Gasteiger partial charge in [0.2, 0.25) is 6.79 Å². The van der Waals surface area contributed by atoms with Crippen molar-refractivity contribution in [3.63, 3.8) is 0 Å². The Hall–Kier alpha value is -2.98. The zero-order valence-electron chi connectivity index (χ0n) is 14.6. The fraction of sp³-hybridized carbons (Fsp3) is 0.136. The first-order chi connectivity index (χ1) is 13.2. The van der Waals surface area contributed by atoms with Gasteiger partial charge in [-0.25, -0.2) is 0 Å². The Bertz CT molecular complexity index is 942. The van der Waals surface area contributed by atoms with Gasteiger partial charge in [-0.05, 0) is 47.5 Å². The maximum absolute atomic E-state index is 13.1. The van der Waals surface area contributed by atoms with E-state index in [0.717, 1.165) is 16.9 Å². The van der Waals surface area contributed by atoms with E-state index in [9.17, 15) is 4.79 Å². The van der Waals surface area contributed by atoms with Crippen molar-refractivity contribution in [2.75, 3.05) is 6.79 Å². The van der Waals surface area contributed by atoms with Crippen LogP contribution in [0, 0.1) is 0 Å². The summed E-state index contributed by atoms with van der Waals surface area (Å²) in [6.07, 6.45) is 0. The predicted octanol–water partition coefficient (Wildman–Crippen LogP) is 4.91. The normalized spacial score (nSPS) is 12.0. The second-order valence-corrected chi connectivity index (χ2v) is 6.78. The lowest BCUT2D eigenvalue weighted by Crippen LogP contribution is -2.30. The summed E-state index contributed by atoms with van der Waals surface area (Å²) in [6.45, 7) is 1.21. The van der Waals surface area contributed by atoms with Crippen LogP contribution >= 0.6 is 11.6 Å². The van der Waals surface area contributed by atoms with Crippen LogP contribution in [0.5, 0.6) is 11.5 Å². The molecule has 0 aliphatic carbocycles. The van der Waals surface area contributed by atoms with Gasteiger partial charge in [0.15, 0.2) is 11.5 Å².